The molecule has 0 spiro atoms. The molecule has 1 aromatic carbocycles. The van der Waals surface area contributed by atoms with E-state index < -0.39 is 0 Å². The van der Waals surface area contributed by atoms with Gasteiger partial charge in [0.2, 0.25) is 0 Å². The van der Waals surface area contributed by atoms with Crippen LogP contribution in [0.25, 0.3) is 0 Å². The summed E-state index contributed by atoms with van der Waals surface area (Å²) < 4.78 is 0. The van der Waals surface area contributed by atoms with E-state index in [0.717, 1.165) is 6.54 Å². The van der Waals surface area contributed by atoms with Gasteiger partial charge >= 0.3 is 0 Å². The molecule has 0 unspecified atom stereocenters. The van der Waals surface area contributed by atoms with Gasteiger partial charge in [-0.05, 0) is 64.1 Å². The number of anilines is 1. The average Bonchev–Trinajstić information content (AvgIpc) is 2.82. The summed E-state index contributed by atoms with van der Waals surface area (Å²) in [6, 6.07) is 9.34. The van der Waals surface area contributed by atoms with Gasteiger partial charge in [0, 0.05) is 51.5 Å². The van der Waals surface area contributed by atoms with Crippen LogP contribution in [0.5, 0.6) is 0 Å². The summed E-state index contributed by atoms with van der Waals surface area (Å²) >= 11 is 0. The fourth-order valence-electron chi connectivity index (χ4n) is 3.76. The van der Waals surface area contributed by atoms with Crippen molar-refractivity contribution >= 4 is 5.69 Å². The van der Waals surface area contributed by atoms with Crippen molar-refractivity contribution in [3.63, 3.8) is 0 Å². The molecular weight excluding hydrogens is 296 g/mol. The topological polar surface area (TPSA) is 13.0 Å². The molecule has 0 N–H and O–H groups in total. The Hall–Kier alpha value is -1.10. The van der Waals surface area contributed by atoms with Crippen LogP contribution in [0, 0.1) is 0 Å². The van der Waals surface area contributed by atoms with Gasteiger partial charge in [-0.2, -0.15) is 0 Å². The van der Waals surface area contributed by atoms with Crippen LogP contribution in [0.15, 0.2) is 24.3 Å². The standard InChI is InChI=1S/C20H34N4/c1-21-10-4-12-24(18-15-21)20-8-6-19(7-9-20)5-3-11-23-16-13-22(2)14-17-23/h6-9H,3-5,10-18H2,1-2H3. The summed E-state index contributed by atoms with van der Waals surface area (Å²) in [5.41, 5.74) is 2.88. The lowest BCUT2D eigenvalue weighted by Gasteiger charge is -2.32. The molecule has 0 aliphatic carbocycles. The highest BCUT2D eigenvalue weighted by Gasteiger charge is 2.14. The Bertz CT molecular complexity index is 479. The summed E-state index contributed by atoms with van der Waals surface area (Å²) in [7, 11) is 4.45. The molecule has 1 aromatic rings. The van der Waals surface area contributed by atoms with Crippen LogP contribution in [0.1, 0.15) is 18.4 Å². The minimum absolute atomic E-state index is 1.15. The second-order valence-corrected chi connectivity index (χ2v) is 7.56. The Labute approximate surface area is 148 Å². The molecule has 2 fully saturated rings. The number of benzene rings is 1. The molecule has 0 aromatic heterocycles. The van der Waals surface area contributed by atoms with E-state index in [4.69, 9.17) is 0 Å². The number of piperazine rings is 1. The van der Waals surface area contributed by atoms with Crippen molar-refractivity contribution in [2.45, 2.75) is 19.3 Å². The van der Waals surface area contributed by atoms with Gasteiger partial charge in [0.15, 0.2) is 0 Å². The van der Waals surface area contributed by atoms with Crippen molar-refractivity contribution in [1.82, 2.24) is 14.7 Å². The van der Waals surface area contributed by atoms with E-state index in [2.05, 4.69) is 58.0 Å². The Morgan fingerprint density at radius 1 is 0.750 bits per heavy atom. The molecule has 2 heterocycles. The van der Waals surface area contributed by atoms with E-state index in [9.17, 15) is 0 Å². The molecule has 0 bridgehead atoms. The van der Waals surface area contributed by atoms with Gasteiger partial charge in [-0.25, -0.2) is 0 Å². The zero-order valence-corrected chi connectivity index (χ0v) is 15.6. The first kappa shape index (κ1) is 17.7. The predicted molar refractivity (Wildman–Crippen MR) is 103 cm³/mol. The third kappa shape index (κ3) is 5.20. The minimum atomic E-state index is 1.15. The van der Waals surface area contributed by atoms with Gasteiger partial charge in [0.1, 0.15) is 0 Å². The molecule has 24 heavy (non-hydrogen) atoms. The second-order valence-electron chi connectivity index (χ2n) is 7.56. The Balaban J connectivity index is 1.43. The molecule has 4 nitrogen and oxygen atoms in total. The SMILES string of the molecule is CN1CCN(CCCc2ccc(N3CCCN(C)CC3)cc2)CC1. The van der Waals surface area contributed by atoms with Crippen molar-refractivity contribution in [1.29, 1.82) is 0 Å². The third-order valence-electron chi connectivity index (χ3n) is 5.56. The summed E-state index contributed by atoms with van der Waals surface area (Å²) in [6.07, 6.45) is 3.75. The number of hydrogen-bond donors (Lipinski definition) is 0. The first-order valence-corrected chi connectivity index (χ1v) is 9.64. The average molecular weight is 331 g/mol. The molecule has 0 atom stereocenters. The van der Waals surface area contributed by atoms with Crippen molar-refractivity contribution in [3.05, 3.63) is 29.8 Å². The van der Waals surface area contributed by atoms with Crippen LogP contribution >= 0.6 is 0 Å². The Kier molecular flexibility index (Phi) is 6.52. The van der Waals surface area contributed by atoms with E-state index in [-0.39, 0.29) is 0 Å². The smallest absolute Gasteiger partial charge is 0.0366 e. The molecule has 3 rings (SSSR count). The largest absolute Gasteiger partial charge is 0.370 e. The van der Waals surface area contributed by atoms with Gasteiger partial charge in [0.25, 0.3) is 0 Å². The van der Waals surface area contributed by atoms with Crippen LogP contribution in [0.3, 0.4) is 0 Å². The summed E-state index contributed by atoms with van der Waals surface area (Å²) in [6.45, 7) is 10.9. The van der Waals surface area contributed by atoms with Crippen LogP contribution < -0.4 is 4.90 Å². The maximum absolute atomic E-state index is 2.61. The number of nitrogens with zero attached hydrogens (tertiary/aromatic N) is 4. The molecular formula is C20H34N4. The molecule has 0 radical (unpaired) electrons. The fourth-order valence-corrected chi connectivity index (χ4v) is 3.76. The number of likely N-dealkylation sites (N-methyl/N-ethyl adjacent to an activating group) is 2. The Morgan fingerprint density at radius 2 is 1.42 bits per heavy atom. The van der Waals surface area contributed by atoms with E-state index in [1.54, 1.807) is 0 Å². The van der Waals surface area contributed by atoms with Crippen LogP contribution in [-0.2, 0) is 6.42 Å². The van der Waals surface area contributed by atoms with Gasteiger partial charge in [0.05, 0.1) is 0 Å². The summed E-state index contributed by atoms with van der Waals surface area (Å²) in [5, 5.41) is 0. The second kappa shape index (κ2) is 8.84. The lowest BCUT2D eigenvalue weighted by Crippen LogP contribution is -2.44. The molecule has 4 heteroatoms. The maximum Gasteiger partial charge on any atom is 0.0366 e. The zero-order chi connectivity index (χ0) is 16.8. The number of hydrogen-bond acceptors (Lipinski definition) is 4. The van der Waals surface area contributed by atoms with Crippen molar-refractivity contribution in [3.8, 4) is 0 Å². The normalized spacial score (nSPS) is 21.8. The molecule has 2 aliphatic rings. The molecule has 2 saturated heterocycles. The first-order valence-electron chi connectivity index (χ1n) is 9.64. The number of rotatable bonds is 5. The highest BCUT2D eigenvalue weighted by Crippen LogP contribution is 2.18. The molecule has 0 amide bonds. The van der Waals surface area contributed by atoms with Crippen molar-refractivity contribution < 1.29 is 0 Å². The van der Waals surface area contributed by atoms with Crippen molar-refractivity contribution in [2.24, 2.45) is 0 Å². The van der Waals surface area contributed by atoms with Crippen LogP contribution in [0.4, 0.5) is 5.69 Å². The highest BCUT2D eigenvalue weighted by molar-refractivity contribution is 5.47. The molecule has 2 aliphatic heterocycles. The first-order chi connectivity index (χ1) is 11.7. The zero-order valence-electron chi connectivity index (χ0n) is 15.6. The van der Waals surface area contributed by atoms with Gasteiger partial charge in [-0.1, -0.05) is 12.1 Å². The van der Waals surface area contributed by atoms with E-state index >= 15 is 0 Å². The third-order valence-corrected chi connectivity index (χ3v) is 5.56. The number of aryl methyl sites for hydroxylation is 1. The van der Waals surface area contributed by atoms with E-state index in [0.29, 0.717) is 0 Å². The molecule has 134 valence electrons. The molecule has 0 saturated carbocycles. The predicted octanol–water partition coefficient (Wildman–Crippen LogP) is 2.01. The summed E-state index contributed by atoms with van der Waals surface area (Å²) in [4.78, 5) is 10.0. The van der Waals surface area contributed by atoms with Gasteiger partial charge < -0.3 is 19.6 Å². The van der Waals surface area contributed by atoms with Crippen LogP contribution in [0.2, 0.25) is 0 Å². The Morgan fingerprint density at radius 3 is 2.17 bits per heavy atom. The fraction of sp³-hybridized carbons (Fsp3) is 0.700. The van der Waals surface area contributed by atoms with E-state index in [1.165, 1.54) is 82.9 Å². The highest BCUT2D eigenvalue weighted by atomic mass is 15.2. The van der Waals surface area contributed by atoms with Crippen molar-refractivity contribution in [2.75, 3.05) is 77.9 Å². The van der Waals surface area contributed by atoms with Gasteiger partial charge in [-0.15, -0.1) is 0 Å². The lowest BCUT2D eigenvalue weighted by atomic mass is 10.1. The van der Waals surface area contributed by atoms with Gasteiger partial charge in [-0.3, -0.25) is 0 Å². The summed E-state index contributed by atoms with van der Waals surface area (Å²) in [5.74, 6) is 0. The monoisotopic (exact) mass is 330 g/mol. The lowest BCUT2D eigenvalue weighted by molar-refractivity contribution is 0.153. The minimum Gasteiger partial charge on any atom is -0.370 e. The maximum atomic E-state index is 2.61. The van der Waals surface area contributed by atoms with E-state index in [1.807, 2.05) is 0 Å². The van der Waals surface area contributed by atoms with Crippen LogP contribution in [-0.4, -0.2) is 87.7 Å². The quantitative estimate of drug-likeness (QED) is 0.819.